The number of hydrogen-bond donors (Lipinski definition) is 0. The second kappa shape index (κ2) is 4.50. The Bertz CT molecular complexity index is 123. The summed E-state index contributed by atoms with van der Waals surface area (Å²) in [5.41, 5.74) is -0.141. The summed E-state index contributed by atoms with van der Waals surface area (Å²) >= 11 is 0. The van der Waals surface area contributed by atoms with Crippen LogP contribution in [0.1, 0.15) is 26.7 Å². The lowest BCUT2D eigenvalue weighted by molar-refractivity contribution is -0.116. The minimum atomic E-state index is -0.141. The topological polar surface area (TPSA) is 20.3 Å². The molecule has 0 amide bonds. The molecule has 0 bridgehead atoms. The summed E-state index contributed by atoms with van der Waals surface area (Å²) in [4.78, 5) is 12.8. The fourth-order valence-electron chi connectivity index (χ4n) is 1.47. The Morgan fingerprint density at radius 3 is 2.27 bits per heavy atom. The van der Waals surface area contributed by atoms with Gasteiger partial charge in [0.1, 0.15) is 6.29 Å². The predicted molar refractivity (Wildman–Crippen MR) is 47.6 cm³/mol. The normalized spacial score (nSPS) is 16.5. The van der Waals surface area contributed by atoms with Crippen LogP contribution in [0.3, 0.4) is 0 Å². The first-order valence-electron chi connectivity index (χ1n) is 4.15. The first kappa shape index (κ1) is 10.6. The summed E-state index contributed by atoms with van der Waals surface area (Å²) in [6, 6.07) is 0. The van der Waals surface area contributed by atoms with E-state index in [-0.39, 0.29) is 5.41 Å². The molecule has 1 unspecified atom stereocenters. The van der Waals surface area contributed by atoms with Crippen molar-refractivity contribution in [2.75, 3.05) is 20.6 Å². The van der Waals surface area contributed by atoms with E-state index in [0.29, 0.717) is 0 Å². The molecule has 0 rings (SSSR count). The molecule has 0 aliphatic rings. The summed E-state index contributed by atoms with van der Waals surface area (Å²) in [6.45, 7) is 4.98. The smallest absolute Gasteiger partial charge is 0.127 e. The van der Waals surface area contributed by atoms with Crippen LogP contribution in [0.25, 0.3) is 0 Å². The van der Waals surface area contributed by atoms with Gasteiger partial charge in [-0.05, 0) is 20.5 Å². The Hall–Kier alpha value is -0.370. The van der Waals surface area contributed by atoms with Crippen LogP contribution >= 0.6 is 0 Å². The van der Waals surface area contributed by atoms with E-state index < -0.39 is 0 Å². The van der Waals surface area contributed by atoms with Gasteiger partial charge in [0.25, 0.3) is 0 Å². The SMILES string of the molecule is CCCC(C)(C=O)CN(C)C. The van der Waals surface area contributed by atoms with Crippen LogP contribution in [-0.2, 0) is 4.79 Å². The van der Waals surface area contributed by atoms with Gasteiger partial charge in [-0.25, -0.2) is 0 Å². The van der Waals surface area contributed by atoms with Crippen molar-refractivity contribution in [3.63, 3.8) is 0 Å². The van der Waals surface area contributed by atoms with E-state index in [2.05, 4.69) is 11.8 Å². The van der Waals surface area contributed by atoms with Crippen LogP contribution < -0.4 is 0 Å². The van der Waals surface area contributed by atoms with Gasteiger partial charge >= 0.3 is 0 Å². The van der Waals surface area contributed by atoms with Gasteiger partial charge < -0.3 is 9.69 Å². The van der Waals surface area contributed by atoms with Gasteiger partial charge in [-0.1, -0.05) is 20.3 Å². The molecule has 0 radical (unpaired) electrons. The summed E-state index contributed by atoms with van der Waals surface area (Å²) in [5, 5.41) is 0. The van der Waals surface area contributed by atoms with E-state index in [1.54, 1.807) is 0 Å². The number of hydrogen-bond acceptors (Lipinski definition) is 2. The van der Waals surface area contributed by atoms with E-state index >= 15 is 0 Å². The molecular formula is C9H19NO. The second-order valence-corrected chi connectivity index (χ2v) is 3.76. The van der Waals surface area contributed by atoms with Crippen molar-refractivity contribution in [2.24, 2.45) is 5.41 Å². The molecule has 0 fully saturated rings. The molecule has 0 saturated carbocycles. The number of aldehydes is 1. The molecule has 0 aromatic heterocycles. The summed E-state index contributed by atoms with van der Waals surface area (Å²) in [6.07, 6.45) is 3.13. The van der Waals surface area contributed by atoms with Crippen LogP contribution in [0.4, 0.5) is 0 Å². The molecule has 0 aliphatic heterocycles. The third-order valence-electron chi connectivity index (χ3n) is 1.78. The minimum Gasteiger partial charge on any atom is -0.308 e. The summed E-state index contributed by atoms with van der Waals surface area (Å²) < 4.78 is 0. The molecule has 0 aromatic carbocycles. The average Bonchev–Trinajstić information content (AvgIpc) is 1.87. The van der Waals surface area contributed by atoms with Crippen molar-refractivity contribution in [2.45, 2.75) is 26.7 Å². The molecule has 2 nitrogen and oxygen atoms in total. The van der Waals surface area contributed by atoms with E-state index in [0.717, 1.165) is 25.7 Å². The average molecular weight is 157 g/mol. The Balaban J connectivity index is 3.98. The molecule has 1 atom stereocenters. The van der Waals surface area contributed by atoms with Crippen molar-refractivity contribution in [3.05, 3.63) is 0 Å². The van der Waals surface area contributed by atoms with Crippen LogP contribution in [0.15, 0.2) is 0 Å². The highest BCUT2D eigenvalue weighted by atomic mass is 16.1. The van der Waals surface area contributed by atoms with E-state index in [1.165, 1.54) is 0 Å². The molecular weight excluding hydrogens is 138 g/mol. The predicted octanol–water partition coefficient (Wildman–Crippen LogP) is 1.55. The van der Waals surface area contributed by atoms with Crippen LogP contribution in [-0.4, -0.2) is 31.8 Å². The van der Waals surface area contributed by atoms with E-state index in [4.69, 9.17) is 0 Å². The van der Waals surface area contributed by atoms with E-state index in [9.17, 15) is 4.79 Å². The van der Waals surface area contributed by atoms with Crippen molar-refractivity contribution < 1.29 is 4.79 Å². The lowest BCUT2D eigenvalue weighted by Crippen LogP contribution is -2.32. The Labute approximate surface area is 69.6 Å². The number of nitrogens with zero attached hydrogens (tertiary/aromatic N) is 1. The molecule has 0 N–H and O–H groups in total. The van der Waals surface area contributed by atoms with Gasteiger partial charge in [0.2, 0.25) is 0 Å². The van der Waals surface area contributed by atoms with Gasteiger partial charge in [0, 0.05) is 12.0 Å². The molecule has 0 aromatic rings. The molecule has 0 saturated heterocycles. The standard InChI is InChI=1S/C9H19NO/c1-5-6-9(2,8-11)7-10(3)4/h8H,5-7H2,1-4H3. The molecule has 0 spiro atoms. The zero-order chi connectivity index (χ0) is 8.91. The molecule has 2 heteroatoms. The third-order valence-corrected chi connectivity index (χ3v) is 1.78. The Morgan fingerprint density at radius 1 is 1.45 bits per heavy atom. The van der Waals surface area contributed by atoms with Crippen molar-refractivity contribution in [3.8, 4) is 0 Å². The fraction of sp³-hybridized carbons (Fsp3) is 0.889. The summed E-state index contributed by atoms with van der Waals surface area (Å²) in [7, 11) is 3.99. The largest absolute Gasteiger partial charge is 0.308 e. The lowest BCUT2D eigenvalue weighted by atomic mass is 9.87. The van der Waals surface area contributed by atoms with E-state index in [1.807, 2.05) is 21.0 Å². The van der Waals surface area contributed by atoms with Gasteiger partial charge in [0.05, 0.1) is 0 Å². The first-order chi connectivity index (χ1) is 5.04. The highest BCUT2D eigenvalue weighted by molar-refractivity contribution is 5.58. The highest BCUT2D eigenvalue weighted by Crippen LogP contribution is 2.20. The third kappa shape index (κ3) is 4.14. The van der Waals surface area contributed by atoms with Crippen LogP contribution in [0.5, 0.6) is 0 Å². The number of rotatable bonds is 5. The number of carbonyl (C=O) groups excluding carboxylic acids is 1. The van der Waals surface area contributed by atoms with Gasteiger partial charge in [0.15, 0.2) is 0 Å². The molecule has 0 heterocycles. The first-order valence-corrected chi connectivity index (χ1v) is 4.15. The molecule has 66 valence electrons. The van der Waals surface area contributed by atoms with Crippen molar-refractivity contribution in [1.29, 1.82) is 0 Å². The lowest BCUT2D eigenvalue weighted by Gasteiger charge is -2.25. The summed E-state index contributed by atoms with van der Waals surface area (Å²) in [5.74, 6) is 0. The number of carbonyl (C=O) groups is 1. The fourth-order valence-corrected chi connectivity index (χ4v) is 1.47. The maximum Gasteiger partial charge on any atom is 0.127 e. The van der Waals surface area contributed by atoms with Crippen LogP contribution in [0, 0.1) is 5.41 Å². The zero-order valence-corrected chi connectivity index (χ0v) is 8.05. The van der Waals surface area contributed by atoms with Crippen molar-refractivity contribution >= 4 is 6.29 Å². The van der Waals surface area contributed by atoms with Gasteiger partial charge in [-0.15, -0.1) is 0 Å². The monoisotopic (exact) mass is 157 g/mol. The Kier molecular flexibility index (Phi) is 4.34. The van der Waals surface area contributed by atoms with Gasteiger partial charge in [-0.3, -0.25) is 0 Å². The minimum absolute atomic E-state index is 0.141. The molecule has 11 heavy (non-hydrogen) atoms. The quantitative estimate of drug-likeness (QED) is 0.564. The van der Waals surface area contributed by atoms with Gasteiger partial charge in [-0.2, -0.15) is 0 Å². The maximum atomic E-state index is 10.7. The van der Waals surface area contributed by atoms with Crippen LogP contribution in [0.2, 0.25) is 0 Å². The highest BCUT2D eigenvalue weighted by Gasteiger charge is 2.22. The second-order valence-electron chi connectivity index (χ2n) is 3.76. The van der Waals surface area contributed by atoms with Crippen molar-refractivity contribution in [1.82, 2.24) is 4.90 Å². The maximum absolute atomic E-state index is 10.7. The Morgan fingerprint density at radius 2 is 2.00 bits per heavy atom. The molecule has 0 aliphatic carbocycles. The zero-order valence-electron chi connectivity index (χ0n) is 8.05.